The molecule has 0 radical (unpaired) electrons. The summed E-state index contributed by atoms with van der Waals surface area (Å²) >= 11 is 0. The van der Waals surface area contributed by atoms with Gasteiger partial charge in [-0.15, -0.1) is 0 Å². The summed E-state index contributed by atoms with van der Waals surface area (Å²) < 4.78 is 5.49. The molecule has 1 atom stereocenters. The molecule has 0 saturated carbocycles. The van der Waals surface area contributed by atoms with Crippen molar-refractivity contribution in [2.24, 2.45) is 0 Å². The lowest BCUT2D eigenvalue weighted by Gasteiger charge is -2.25. The zero-order valence-electron chi connectivity index (χ0n) is 18.8. The minimum Gasteiger partial charge on any atom is -0.494 e. The number of carbonyl (C=O) groups is 1. The standard InChI is InChI=1S/C23H33N5O2/c1-6-30-19-11-9-17(10-12-19)14-22(29)28-13-7-8-20(28)23-24-18(16-26(2)3)15-21(25-23)27(4)5/h9-12,15,20H,6-8,13-14,16H2,1-5H3. The summed E-state index contributed by atoms with van der Waals surface area (Å²) in [6, 6.07) is 9.72. The van der Waals surface area contributed by atoms with Crippen molar-refractivity contribution in [2.45, 2.75) is 38.8 Å². The topological polar surface area (TPSA) is 61.8 Å². The van der Waals surface area contributed by atoms with Crippen LogP contribution < -0.4 is 9.64 Å². The Morgan fingerprint density at radius 3 is 2.53 bits per heavy atom. The summed E-state index contributed by atoms with van der Waals surface area (Å²) in [5, 5.41) is 0. The lowest BCUT2D eigenvalue weighted by molar-refractivity contribution is -0.131. The summed E-state index contributed by atoms with van der Waals surface area (Å²) in [6.07, 6.45) is 2.24. The molecule has 1 aromatic heterocycles. The molecular formula is C23H33N5O2. The van der Waals surface area contributed by atoms with Gasteiger partial charge in [-0.1, -0.05) is 12.1 Å². The average Bonchev–Trinajstić information content (AvgIpc) is 3.19. The number of hydrogen-bond donors (Lipinski definition) is 0. The number of nitrogens with zero attached hydrogens (tertiary/aromatic N) is 5. The lowest BCUT2D eigenvalue weighted by Crippen LogP contribution is -2.33. The van der Waals surface area contributed by atoms with Crippen LogP contribution in [0.5, 0.6) is 5.75 Å². The van der Waals surface area contributed by atoms with Crippen molar-refractivity contribution in [3.05, 3.63) is 47.4 Å². The number of likely N-dealkylation sites (tertiary alicyclic amines) is 1. The number of anilines is 1. The van der Waals surface area contributed by atoms with Gasteiger partial charge in [-0.25, -0.2) is 9.97 Å². The van der Waals surface area contributed by atoms with Gasteiger partial charge < -0.3 is 19.4 Å². The predicted octanol–water partition coefficient (Wildman–Crippen LogP) is 2.91. The van der Waals surface area contributed by atoms with Gasteiger partial charge in [0.15, 0.2) is 5.82 Å². The second-order valence-corrected chi connectivity index (χ2v) is 8.21. The number of rotatable bonds is 8. The third-order valence-corrected chi connectivity index (χ3v) is 5.18. The molecule has 7 nitrogen and oxygen atoms in total. The molecule has 1 aliphatic heterocycles. The highest BCUT2D eigenvalue weighted by Gasteiger charge is 2.32. The first kappa shape index (κ1) is 22.0. The molecule has 0 aliphatic carbocycles. The Balaban J connectivity index is 1.78. The van der Waals surface area contributed by atoms with E-state index in [0.29, 0.717) is 13.0 Å². The van der Waals surface area contributed by atoms with Gasteiger partial charge in [0.2, 0.25) is 5.91 Å². The molecule has 1 amide bonds. The fourth-order valence-electron chi connectivity index (χ4n) is 3.77. The van der Waals surface area contributed by atoms with Gasteiger partial charge in [0, 0.05) is 33.3 Å². The molecule has 162 valence electrons. The van der Waals surface area contributed by atoms with Gasteiger partial charge in [0.25, 0.3) is 0 Å². The molecule has 0 N–H and O–H groups in total. The molecule has 2 heterocycles. The lowest BCUT2D eigenvalue weighted by atomic mass is 10.1. The Kier molecular flexibility index (Phi) is 7.26. The maximum atomic E-state index is 13.1. The highest BCUT2D eigenvalue weighted by atomic mass is 16.5. The van der Waals surface area contributed by atoms with Gasteiger partial charge in [-0.05, 0) is 51.6 Å². The summed E-state index contributed by atoms with van der Waals surface area (Å²) in [7, 11) is 8.02. The smallest absolute Gasteiger partial charge is 0.227 e. The Morgan fingerprint density at radius 2 is 1.90 bits per heavy atom. The van der Waals surface area contributed by atoms with E-state index in [1.165, 1.54) is 0 Å². The van der Waals surface area contributed by atoms with Gasteiger partial charge in [0.05, 0.1) is 24.8 Å². The number of hydrogen-bond acceptors (Lipinski definition) is 6. The molecule has 1 fully saturated rings. The second kappa shape index (κ2) is 9.89. The number of carbonyl (C=O) groups excluding carboxylic acids is 1. The van der Waals surface area contributed by atoms with Crippen molar-refractivity contribution in [3.8, 4) is 5.75 Å². The Bertz CT molecular complexity index is 851. The van der Waals surface area contributed by atoms with E-state index >= 15 is 0 Å². The number of aromatic nitrogens is 2. The minimum atomic E-state index is -0.0685. The van der Waals surface area contributed by atoms with Crippen molar-refractivity contribution in [1.29, 1.82) is 0 Å². The van der Waals surface area contributed by atoms with E-state index in [4.69, 9.17) is 14.7 Å². The van der Waals surface area contributed by atoms with E-state index in [1.807, 2.05) is 75.2 Å². The van der Waals surface area contributed by atoms with E-state index in [1.54, 1.807) is 0 Å². The number of benzene rings is 1. The molecule has 7 heteroatoms. The fraction of sp³-hybridized carbons (Fsp3) is 0.522. The first-order chi connectivity index (χ1) is 14.4. The SMILES string of the molecule is CCOc1ccc(CC(=O)N2CCCC2c2nc(CN(C)C)cc(N(C)C)n2)cc1. The maximum Gasteiger partial charge on any atom is 0.227 e. The molecular weight excluding hydrogens is 378 g/mol. The third-order valence-electron chi connectivity index (χ3n) is 5.18. The summed E-state index contributed by atoms with van der Waals surface area (Å²) in [6.45, 7) is 4.08. The Labute approximate surface area is 179 Å². The normalized spacial score (nSPS) is 16.2. The van der Waals surface area contributed by atoms with Crippen LogP contribution in [-0.2, 0) is 17.8 Å². The maximum absolute atomic E-state index is 13.1. The summed E-state index contributed by atoms with van der Waals surface area (Å²) in [4.78, 5) is 28.7. The highest BCUT2D eigenvalue weighted by Crippen LogP contribution is 2.31. The van der Waals surface area contributed by atoms with Crippen LogP contribution in [0.25, 0.3) is 0 Å². The van der Waals surface area contributed by atoms with Crippen molar-refractivity contribution < 1.29 is 9.53 Å². The van der Waals surface area contributed by atoms with Crippen LogP contribution in [0.3, 0.4) is 0 Å². The molecule has 0 bridgehead atoms. The minimum absolute atomic E-state index is 0.0685. The fourth-order valence-corrected chi connectivity index (χ4v) is 3.77. The average molecular weight is 412 g/mol. The van der Waals surface area contributed by atoms with E-state index in [9.17, 15) is 4.79 Å². The van der Waals surface area contributed by atoms with Gasteiger partial charge in [-0.2, -0.15) is 0 Å². The zero-order chi connectivity index (χ0) is 21.7. The van der Waals surface area contributed by atoms with Crippen molar-refractivity contribution in [2.75, 3.05) is 46.2 Å². The molecule has 2 aromatic rings. The molecule has 1 unspecified atom stereocenters. The second-order valence-electron chi connectivity index (χ2n) is 8.21. The Morgan fingerprint density at radius 1 is 1.17 bits per heavy atom. The first-order valence-corrected chi connectivity index (χ1v) is 10.6. The summed E-state index contributed by atoms with van der Waals surface area (Å²) in [5.41, 5.74) is 1.96. The van der Waals surface area contributed by atoms with Crippen LogP contribution in [0.2, 0.25) is 0 Å². The largest absolute Gasteiger partial charge is 0.494 e. The van der Waals surface area contributed by atoms with Gasteiger partial charge in [0.1, 0.15) is 11.6 Å². The molecule has 1 aliphatic rings. The van der Waals surface area contributed by atoms with Gasteiger partial charge in [-0.3, -0.25) is 4.79 Å². The number of ether oxygens (including phenoxy) is 1. The molecule has 30 heavy (non-hydrogen) atoms. The van der Waals surface area contributed by atoms with Crippen molar-refractivity contribution in [3.63, 3.8) is 0 Å². The highest BCUT2D eigenvalue weighted by molar-refractivity contribution is 5.79. The quantitative estimate of drug-likeness (QED) is 0.666. The van der Waals surface area contributed by atoms with Crippen molar-refractivity contribution in [1.82, 2.24) is 19.8 Å². The molecule has 1 saturated heterocycles. The van der Waals surface area contributed by atoms with E-state index in [0.717, 1.165) is 54.6 Å². The third kappa shape index (κ3) is 5.48. The van der Waals surface area contributed by atoms with Crippen LogP contribution in [0, 0.1) is 0 Å². The number of amides is 1. The molecule has 1 aromatic carbocycles. The van der Waals surface area contributed by atoms with Crippen LogP contribution in [-0.4, -0.2) is 67.0 Å². The monoisotopic (exact) mass is 411 g/mol. The van der Waals surface area contributed by atoms with Crippen LogP contribution in [0.1, 0.15) is 42.9 Å². The van der Waals surface area contributed by atoms with E-state index < -0.39 is 0 Å². The van der Waals surface area contributed by atoms with Crippen molar-refractivity contribution >= 4 is 11.7 Å². The van der Waals surface area contributed by atoms with E-state index in [2.05, 4.69) is 4.90 Å². The molecule has 3 rings (SSSR count). The van der Waals surface area contributed by atoms with Crippen LogP contribution in [0.15, 0.2) is 30.3 Å². The van der Waals surface area contributed by atoms with Crippen LogP contribution in [0.4, 0.5) is 5.82 Å². The zero-order valence-corrected chi connectivity index (χ0v) is 18.8. The summed E-state index contributed by atoms with van der Waals surface area (Å²) in [5.74, 6) is 2.57. The van der Waals surface area contributed by atoms with Crippen LogP contribution >= 0.6 is 0 Å². The predicted molar refractivity (Wildman–Crippen MR) is 119 cm³/mol. The van der Waals surface area contributed by atoms with Gasteiger partial charge >= 0.3 is 0 Å². The van der Waals surface area contributed by atoms with E-state index in [-0.39, 0.29) is 11.9 Å². The molecule has 0 spiro atoms. The first-order valence-electron chi connectivity index (χ1n) is 10.6. The Hall–Kier alpha value is -2.67.